The first-order valence-corrected chi connectivity index (χ1v) is 5.96. The second-order valence-corrected chi connectivity index (χ2v) is 3.75. The van der Waals surface area contributed by atoms with E-state index in [9.17, 15) is 9.59 Å². The number of Topliss-reactive ketones (excluding diaryl/α,β-unsaturated/α-hetero) is 2. The standard InChI is InChI=1S/C8H14O2.C3H8.C2H6/c1-5(2)7(9)8(10)6(3)4;1-3-2;1-2/h5-6H,1-4H3;3H2,1-2H3;1-2H3. The van der Waals surface area contributed by atoms with Crippen molar-refractivity contribution in [2.45, 2.75) is 61.8 Å². The minimum Gasteiger partial charge on any atom is -0.291 e. The summed E-state index contributed by atoms with van der Waals surface area (Å²) >= 11 is 0. The summed E-state index contributed by atoms with van der Waals surface area (Å²) in [6.07, 6.45) is 1.25. The van der Waals surface area contributed by atoms with Gasteiger partial charge < -0.3 is 0 Å². The Bertz CT molecular complexity index is 140. The smallest absolute Gasteiger partial charge is 0.201 e. The predicted molar refractivity (Wildman–Crippen MR) is 67.0 cm³/mol. The summed E-state index contributed by atoms with van der Waals surface area (Å²) in [6, 6.07) is 0. The minimum atomic E-state index is -0.255. The van der Waals surface area contributed by atoms with Crippen LogP contribution in [0.25, 0.3) is 0 Å². The van der Waals surface area contributed by atoms with Gasteiger partial charge in [0.25, 0.3) is 0 Å². The molecule has 0 N–H and O–H groups in total. The number of carbonyl (C=O) groups excluding carboxylic acids is 2. The molecule has 0 spiro atoms. The lowest BCUT2D eigenvalue weighted by atomic mass is 9.98. The van der Waals surface area contributed by atoms with E-state index in [-0.39, 0.29) is 23.4 Å². The molecule has 0 bridgehead atoms. The van der Waals surface area contributed by atoms with Crippen molar-refractivity contribution < 1.29 is 9.59 Å². The Kier molecular flexibility index (Phi) is 17.6. The molecular weight excluding hydrogens is 188 g/mol. The first kappa shape index (κ1) is 19.8. The highest BCUT2D eigenvalue weighted by Crippen LogP contribution is 2.02. The van der Waals surface area contributed by atoms with E-state index in [1.807, 2.05) is 13.8 Å². The van der Waals surface area contributed by atoms with Crippen LogP contribution in [0.5, 0.6) is 0 Å². The van der Waals surface area contributed by atoms with Gasteiger partial charge in [0.2, 0.25) is 11.6 Å². The fourth-order valence-corrected chi connectivity index (χ4v) is 0.569. The first-order valence-electron chi connectivity index (χ1n) is 5.96. The summed E-state index contributed by atoms with van der Waals surface area (Å²) in [5.74, 6) is -0.824. The van der Waals surface area contributed by atoms with Gasteiger partial charge in [-0.2, -0.15) is 0 Å². The van der Waals surface area contributed by atoms with Crippen molar-refractivity contribution in [3.05, 3.63) is 0 Å². The van der Waals surface area contributed by atoms with Crippen molar-refractivity contribution in [1.29, 1.82) is 0 Å². The molecule has 0 amide bonds. The lowest BCUT2D eigenvalue weighted by Gasteiger charge is -2.04. The number of hydrogen-bond donors (Lipinski definition) is 0. The summed E-state index contributed by atoms with van der Waals surface area (Å²) in [4.78, 5) is 21.9. The summed E-state index contributed by atoms with van der Waals surface area (Å²) in [5.41, 5.74) is 0. The fourth-order valence-electron chi connectivity index (χ4n) is 0.569. The second-order valence-electron chi connectivity index (χ2n) is 3.75. The van der Waals surface area contributed by atoms with Gasteiger partial charge >= 0.3 is 0 Å². The lowest BCUT2D eigenvalue weighted by Crippen LogP contribution is -2.23. The van der Waals surface area contributed by atoms with Crippen molar-refractivity contribution in [3.63, 3.8) is 0 Å². The van der Waals surface area contributed by atoms with E-state index in [1.54, 1.807) is 27.7 Å². The van der Waals surface area contributed by atoms with Crippen molar-refractivity contribution in [2.75, 3.05) is 0 Å². The maximum Gasteiger partial charge on any atom is 0.201 e. The van der Waals surface area contributed by atoms with E-state index in [4.69, 9.17) is 0 Å². The molecule has 0 aromatic carbocycles. The Morgan fingerprint density at radius 2 is 0.933 bits per heavy atom. The van der Waals surface area contributed by atoms with E-state index >= 15 is 0 Å². The first-order chi connectivity index (χ1) is 6.88. The third-order valence-electron chi connectivity index (χ3n) is 1.29. The zero-order valence-electron chi connectivity index (χ0n) is 11.7. The molecular formula is C13H28O2. The average molecular weight is 216 g/mol. The van der Waals surface area contributed by atoms with Crippen molar-refractivity contribution in [3.8, 4) is 0 Å². The zero-order valence-corrected chi connectivity index (χ0v) is 11.7. The monoisotopic (exact) mass is 216 g/mol. The molecule has 0 aliphatic carbocycles. The molecule has 0 aromatic rings. The van der Waals surface area contributed by atoms with Gasteiger partial charge in [0.05, 0.1) is 0 Å². The van der Waals surface area contributed by atoms with Crippen LogP contribution in [0, 0.1) is 11.8 Å². The summed E-state index contributed by atoms with van der Waals surface area (Å²) in [7, 11) is 0. The molecule has 0 saturated heterocycles. The Morgan fingerprint density at radius 1 is 0.800 bits per heavy atom. The number of hydrogen-bond acceptors (Lipinski definition) is 2. The molecule has 2 heteroatoms. The van der Waals surface area contributed by atoms with Crippen molar-refractivity contribution in [1.82, 2.24) is 0 Å². The molecule has 15 heavy (non-hydrogen) atoms. The van der Waals surface area contributed by atoms with Crippen LogP contribution in [0.3, 0.4) is 0 Å². The molecule has 92 valence electrons. The second kappa shape index (κ2) is 13.3. The molecule has 0 atom stereocenters. The minimum absolute atomic E-state index is 0.157. The van der Waals surface area contributed by atoms with Crippen LogP contribution in [0.15, 0.2) is 0 Å². The Morgan fingerprint density at radius 3 is 1.00 bits per heavy atom. The van der Waals surface area contributed by atoms with Crippen LogP contribution in [-0.2, 0) is 9.59 Å². The molecule has 0 aliphatic heterocycles. The van der Waals surface area contributed by atoms with Crippen LogP contribution in [0.1, 0.15) is 61.8 Å². The van der Waals surface area contributed by atoms with Gasteiger partial charge in [0.1, 0.15) is 0 Å². The predicted octanol–water partition coefficient (Wildman–Crippen LogP) is 3.88. The molecule has 0 aromatic heterocycles. The van der Waals surface area contributed by atoms with Gasteiger partial charge in [-0.3, -0.25) is 9.59 Å². The lowest BCUT2D eigenvalue weighted by molar-refractivity contribution is -0.140. The quantitative estimate of drug-likeness (QED) is 0.671. The van der Waals surface area contributed by atoms with E-state index in [0.717, 1.165) is 0 Å². The molecule has 0 aliphatic rings. The maximum absolute atomic E-state index is 10.9. The van der Waals surface area contributed by atoms with Crippen molar-refractivity contribution >= 4 is 11.6 Å². The van der Waals surface area contributed by atoms with Crippen molar-refractivity contribution in [2.24, 2.45) is 11.8 Å². The highest BCUT2D eigenvalue weighted by molar-refractivity contribution is 6.38. The van der Waals surface area contributed by atoms with Crippen LogP contribution in [0.2, 0.25) is 0 Å². The molecule has 0 saturated carbocycles. The largest absolute Gasteiger partial charge is 0.291 e. The summed E-state index contributed by atoms with van der Waals surface area (Å²) in [6.45, 7) is 15.2. The van der Waals surface area contributed by atoms with Gasteiger partial charge in [-0.25, -0.2) is 0 Å². The topological polar surface area (TPSA) is 34.1 Å². The molecule has 0 fully saturated rings. The normalized spacial score (nSPS) is 8.67. The Hall–Kier alpha value is -0.660. The van der Waals surface area contributed by atoms with Gasteiger partial charge in [-0.1, -0.05) is 61.8 Å². The summed E-state index contributed by atoms with van der Waals surface area (Å²) in [5, 5.41) is 0. The fraction of sp³-hybridized carbons (Fsp3) is 0.846. The Balaban J connectivity index is -0.000000245. The third-order valence-corrected chi connectivity index (χ3v) is 1.29. The van der Waals surface area contributed by atoms with E-state index in [0.29, 0.717) is 0 Å². The highest BCUT2D eigenvalue weighted by Gasteiger charge is 2.19. The average Bonchev–Trinajstić information content (AvgIpc) is 2.19. The van der Waals surface area contributed by atoms with Crippen LogP contribution in [0.4, 0.5) is 0 Å². The number of rotatable bonds is 3. The van der Waals surface area contributed by atoms with Crippen LogP contribution >= 0.6 is 0 Å². The van der Waals surface area contributed by atoms with Gasteiger partial charge in [-0.15, -0.1) is 0 Å². The van der Waals surface area contributed by atoms with Gasteiger partial charge in [0, 0.05) is 11.8 Å². The van der Waals surface area contributed by atoms with Crippen LogP contribution in [-0.4, -0.2) is 11.6 Å². The number of ketones is 2. The van der Waals surface area contributed by atoms with Crippen LogP contribution < -0.4 is 0 Å². The molecule has 2 nitrogen and oxygen atoms in total. The number of carbonyl (C=O) groups is 2. The third kappa shape index (κ3) is 13.3. The molecule has 0 unspecified atom stereocenters. The molecule has 0 rings (SSSR count). The highest BCUT2D eigenvalue weighted by atomic mass is 16.2. The maximum atomic E-state index is 10.9. The van der Waals surface area contributed by atoms with E-state index < -0.39 is 0 Å². The van der Waals surface area contributed by atoms with E-state index in [1.165, 1.54) is 6.42 Å². The van der Waals surface area contributed by atoms with E-state index in [2.05, 4.69) is 13.8 Å². The SMILES string of the molecule is CC.CC(C)C(=O)C(=O)C(C)C.CCC. The van der Waals surface area contributed by atoms with Gasteiger partial charge in [-0.05, 0) is 0 Å². The molecule has 0 heterocycles. The zero-order chi connectivity index (χ0) is 13.0. The Labute approximate surface area is 95.5 Å². The summed E-state index contributed by atoms with van der Waals surface area (Å²) < 4.78 is 0. The molecule has 0 radical (unpaired) electrons. The van der Waals surface area contributed by atoms with Gasteiger partial charge in [0.15, 0.2) is 0 Å².